The number of thioether (sulfide) groups is 1. The van der Waals surface area contributed by atoms with Crippen LogP contribution in [0.3, 0.4) is 0 Å². The second-order valence-corrected chi connectivity index (χ2v) is 4.21. The molecule has 0 saturated carbocycles. The Morgan fingerprint density at radius 3 is 2.67 bits per heavy atom. The van der Waals surface area contributed by atoms with Crippen molar-refractivity contribution >= 4 is 17.7 Å². The Morgan fingerprint density at radius 1 is 1.47 bits per heavy atom. The third-order valence-electron chi connectivity index (χ3n) is 2.04. The van der Waals surface area contributed by atoms with Crippen LogP contribution in [0.25, 0.3) is 0 Å². The van der Waals surface area contributed by atoms with Crippen LogP contribution in [0.1, 0.15) is 5.56 Å². The minimum absolute atomic E-state index is 0.460. The van der Waals surface area contributed by atoms with E-state index in [2.05, 4.69) is 5.32 Å². The van der Waals surface area contributed by atoms with E-state index < -0.39 is 12.0 Å². The summed E-state index contributed by atoms with van der Waals surface area (Å²) in [5, 5.41) is 11.6. The standard InChI is InChI=1S/C11H15NO2S/c1-12-10(11(13)14)8-15-7-9-5-3-2-4-6-9/h2-6,10,12H,7-8H2,1H3,(H,13,14)/t10-/m0/s1. The van der Waals surface area contributed by atoms with Crippen LogP contribution in [0.2, 0.25) is 0 Å². The number of carboxylic acids is 1. The van der Waals surface area contributed by atoms with Crippen LogP contribution in [-0.2, 0) is 10.5 Å². The maximum atomic E-state index is 10.7. The van der Waals surface area contributed by atoms with E-state index in [-0.39, 0.29) is 0 Å². The SMILES string of the molecule is CN[C@@H](CSCc1ccccc1)C(=O)O. The molecule has 0 aromatic heterocycles. The Labute approximate surface area is 93.9 Å². The highest BCUT2D eigenvalue weighted by Gasteiger charge is 2.13. The van der Waals surface area contributed by atoms with Crippen molar-refractivity contribution in [3.05, 3.63) is 35.9 Å². The van der Waals surface area contributed by atoms with Crippen molar-refractivity contribution in [3.63, 3.8) is 0 Å². The Hall–Kier alpha value is -1.00. The van der Waals surface area contributed by atoms with E-state index in [1.165, 1.54) is 5.56 Å². The van der Waals surface area contributed by atoms with Gasteiger partial charge in [0.15, 0.2) is 0 Å². The van der Waals surface area contributed by atoms with Gasteiger partial charge in [-0.2, -0.15) is 11.8 Å². The minimum atomic E-state index is -0.793. The van der Waals surface area contributed by atoms with Gasteiger partial charge in [0.05, 0.1) is 0 Å². The highest BCUT2D eigenvalue weighted by Crippen LogP contribution is 2.12. The third-order valence-corrected chi connectivity index (χ3v) is 3.15. The number of aliphatic carboxylic acids is 1. The number of carboxylic acid groups (broad SMARTS) is 1. The van der Waals surface area contributed by atoms with Crippen LogP contribution in [0, 0.1) is 0 Å². The molecule has 0 fully saturated rings. The largest absolute Gasteiger partial charge is 0.480 e. The third kappa shape index (κ3) is 4.36. The zero-order chi connectivity index (χ0) is 11.1. The molecule has 0 bridgehead atoms. The van der Waals surface area contributed by atoms with Crippen molar-refractivity contribution in [1.82, 2.24) is 5.32 Å². The molecule has 1 rings (SSSR count). The summed E-state index contributed by atoms with van der Waals surface area (Å²) in [6, 6.07) is 9.58. The fourth-order valence-electron chi connectivity index (χ4n) is 1.15. The first kappa shape index (κ1) is 12.1. The molecule has 1 aromatic rings. The van der Waals surface area contributed by atoms with Crippen molar-refractivity contribution < 1.29 is 9.90 Å². The number of nitrogens with one attached hydrogen (secondary N) is 1. The lowest BCUT2D eigenvalue weighted by atomic mass is 10.2. The smallest absolute Gasteiger partial charge is 0.321 e. The number of likely N-dealkylation sites (N-methyl/N-ethyl adjacent to an activating group) is 1. The molecule has 1 aromatic carbocycles. The molecule has 0 unspecified atom stereocenters. The highest BCUT2D eigenvalue weighted by atomic mass is 32.2. The van der Waals surface area contributed by atoms with Gasteiger partial charge < -0.3 is 10.4 Å². The van der Waals surface area contributed by atoms with E-state index >= 15 is 0 Å². The molecule has 82 valence electrons. The topological polar surface area (TPSA) is 49.3 Å². The number of hydrogen-bond acceptors (Lipinski definition) is 3. The van der Waals surface area contributed by atoms with Crippen LogP contribution in [0.5, 0.6) is 0 Å². The Morgan fingerprint density at radius 2 is 2.13 bits per heavy atom. The van der Waals surface area contributed by atoms with Gasteiger partial charge in [-0.25, -0.2) is 0 Å². The first-order valence-corrected chi connectivity index (χ1v) is 5.91. The molecular formula is C11H15NO2S. The summed E-state index contributed by atoms with van der Waals surface area (Å²) < 4.78 is 0. The predicted octanol–water partition coefficient (Wildman–Crippen LogP) is 1.59. The minimum Gasteiger partial charge on any atom is -0.480 e. The lowest BCUT2D eigenvalue weighted by molar-refractivity contribution is -0.138. The van der Waals surface area contributed by atoms with Crippen LogP contribution in [-0.4, -0.2) is 29.9 Å². The number of benzene rings is 1. The van der Waals surface area contributed by atoms with Crippen molar-refractivity contribution in [3.8, 4) is 0 Å². The summed E-state index contributed by atoms with van der Waals surface area (Å²) in [4.78, 5) is 10.7. The average molecular weight is 225 g/mol. The molecule has 0 heterocycles. The molecule has 0 saturated heterocycles. The summed E-state index contributed by atoms with van der Waals surface area (Å²) in [5.74, 6) is 0.644. The van der Waals surface area contributed by atoms with Gasteiger partial charge >= 0.3 is 5.97 Å². The maximum Gasteiger partial charge on any atom is 0.321 e. The second-order valence-electron chi connectivity index (χ2n) is 3.18. The Kier molecular flexibility index (Phi) is 5.21. The zero-order valence-corrected chi connectivity index (χ0v) is 9.46. The zero-order valence-electron chi connectivity index (χ0n) is 8.64. The summed E-state index contributed by atoms with van der Waals surface area (Å²) >= 11 is 1.62. The van der Waals surface area contributed by atoms with Gasteiger partial charge in [0.1, 0.15) is 6.04 Å². The van der Waals surface area contributed by atoms with Gasteiger partial charge in [0.2, 0.25) is 0 Å². The maximum absolute atomic E-state index is 10.7. The molecule has 0 radical (unpaired) electrons. The van der Waals surface area contributed by atoms with Crippen LogP contribution in [0.4, 0.5) is 0 Å². The van der Waals surface area contributed by atoms with E-state index in [4.69, 9.17) is 5.11 Å². The van der Waals surface area contributed by atoms with Gasteiger partial charge in [-0.05, 0) is 12.6 Å². The molecule has 0 aliphatic rings. The molecule has 0 spiro atoms. The Balaban J connectivity index is 2.30. The molecule has 2 N–H and O–H groups in total. The fraction of sp³-hybridized carbons (Fsp3) is 0.364. The second kappa shape index (κ2) is 6.48. The average Bonchev–Trinajstić information content (AvgIpc) is 2.25. The lowest BCUT2D eigenvalue weighted by Crippen LogP contribution is -2.36. The molecule has 4 heteroatoms. The fourth-order valence-corrected chi connectivity index (χ4v) is 2.24. The molecule has 0 aliphatic heterocycles. The quantitative estimate of drug-likeness (QED) is 0.772. The summed E-state index contributed by atoms with van der Waals surface area (Å²) in [6.45, 7) is 0. The predicted molar refractivity (Wildman–Crippen MR) is 63.1 cm³/mol. The van der Waals surface area contributed by atoms with Gasteiger partial charge in [0, 0.05) is 11.5 Å². The molecule has 3 nitrogen and oxygen atoms in total. The molecule has 0 aliphatic carbocycles. The summed E-state index contributed by atoms with van der Waals surface area (Å²) in [5.41, 5.74) is 1.22. The van der Waals surface area contributed by atoms with Crippen LogP contribution >= 0.6 is 11.8 Å². The van der Waals surface area contributed by atoms with Crippen molar-refractivity contribution in [1.29, 1.82) is 0 Å². The van der Waals surface area contributed by atoms with Gasteiger partial charge in [-0.1, -0.05) is 30.3 Å². The van der Waals surface area contributed by atoms with Crippen LogP contribution in [0.15, 0.2) is 30.3 Å². The van der Waals surface area contributed by atoms with E-state index in [1.807, 2.05) is 30.3 Å². The summed E-state index contributed by atoms with van der Waals surface area (Å²) in [6.07, 6.45) is 0. The monoisotopic (exact) mass is 225 g/mol. The number of rotatable bonds is 6. The van der Waals surface area contributed by atoms with Crippen molar-refractivity contribution in [2.75, 3.05) is 12.8 Å². The van der Waals surface area contributed by atoms with E-state index in [0.717, 1.165) is 5.75 Å². The van der Waals surface area contributed by atoms with Crippen molar-refractivity contribution in [2.45, 2.75) is 11.8 Å². The molecule has 15 heavy (non-hydrogen) atoms. The first-order valence-electron chi connectivity index (χ1n) is 4.75. The molecule has 0 amide bonds. The van der Waals surface area contributed by atoms with Gasteiger partial charge in [-0.15, -0.1) is 0 Å². The van der Waals surface area contributed by atoms with Gasteiger partial charge in [0.25, 0.3) is 0 Å². The van der Waals surface area contributed by atoms with Gasteiger partial charge in [-0.3, -0.25) is 4.79 Å². The Bertz CT molecular complexity index is 303. The van der Waals surface area contributed by atoms with E-state index in [9.17, 15) is 4.79 Å². The summed E-state index contributed by atoms with van der Waals surface area (Å²) in [7, 11) is 1.67. The first-order chi connectivity index (χ1) is 7.24. The number of carbonyl (C=O) groups is 1. The van der Waals surface area contributed by atoms with Crippen LogP contribution < -0.4 is 5.32 Å². The normalized spacial score (nSPS) is 12.3. The number of hydrogen-bond donors (Lipinski definition) is 2. The highest BCUT2D eigenvalue weighted by molar-refractivity contribution is 7.98. The molecular weight excluding hydrogens is 210 g/mol. The molecule has 1 atom stereocenters. The van der Waals surface area contributed by atoms with E-state index in [0.29, 0.717) is 5.75 Å². The van der Waals surface area contributed by atoms with Crippen molar-refractivity contribution in [2.24, 2.45) is 0 Å². The van der Waals surface area contributed by atoms with E-state index in [1.54, 1.807) is 18.8 Å². The lowest BCUT2D eigenvalue weighted by Gasteiger charge is -2.10.